The molecular formula is C20H19Cl2N5O2S. The van der Waals surface area contributed by atoms with Gasteiger partial charge in [0.15, 0.2) is 5.16 Å². The van der Waals surface area contributed by atoms with Gasteiger partial charge in [0, 0.05) is 12.7 Å². The Labute approximate surface area is 188 Å². The van der Waals surface area contributed by atoms with Crippen LogP contribution in [0.1, 0.15) is 11.4 Å². The summed E-state index contributed by atoms with van der Waals surface area (Å²) in [6, 6.07) is 12.6. The molecule has 30 heavy (non-hydrogen) atoms. The number of aromatic nitrogens is 3. The Balaban J connectivity index is 1.56. The van der Waals surface area contributed by atoms with E-state index in [4.69, 9.17) is 23.2 Å². The first-order valence-electron chi connectivity index (χ1n) is 8.95. The lowest BCUT2D eigenvalue weighted by Crippen LogP contribution is -2.17. The van der Waals surface area contributed by atoms with E-state index in [1.165, 1.54) is 11.8 Å². The number of amides is 2. The number of benzene rings is 2. The molecule has 156 valence electrons. The summed E-state index contributed by atoms with van der Waals surface area (Å²) in [6.07, 6.45) is 0.00229. The smallest absolute Gasteiger partial charge is 0.234 e. The van der Waals surface area contributed by atoms with Crippen molar-refractivity contribution in [2.75, 3.05) is 16.4 Å². The maximum absolute atomic E-state index is 12.3. The number of hydrogen-bond acceptors (Lipinski definition) is 5. The van der Waals surface area contributed by atoms with Gasteiger partial charge in [-0.2, -0.15) is 0 Å². The first-order valence-corrected chi connectivity index (χ1v) is 10.7. The highest BCUT2D eigenvalue weighted by Gasteiger charge is 2.16. The first-order chi connectivity index (χ1) is 14.3. The lowest BCUT2D eigenvalue weighted by molar-refractivity contribution is -0.116. The summed E-state index contributed by atoms with van der Waals surface area (Å²) in [7, 11) is 1.75. The summed E-state index contributed by atoms with van der Waals surface area (Å²) < 4.78 is 1.69. The number of rotatable bonds is 7. The molecule has 0 spiro atoms. The van der Waals surface area contributed by atoms with Crippen LogP contribution in [0.4, 0.5) is 11.4 Å². The summed E-state index contributed by atoms with van der Waals surface area (Å²) >= 11 is 13.3. The average molecular weight is 464 g/mol. The van der Waals surface area contributed by atoms with Gasteiger partial charge in [0.1, 0.15) is 5.82 Å². The molecule has 2 amide bonds. The summed E-state index contributed by atoms with van der Waals surface area (Å²) in [6.45, 7) is 1.93. The molecule has 0 unspecified atom stereocenters. The Bertz CT molecular complexity index is 1090. The number of hydrogen-bond donors (Lipinski definition) is 2. The largest absolute Gasteiger partial charge is 0.325 e. The average Bonchev–Trinajstić information content (AvgIpc) is 3.05. The minimum Gasteiger partial charge on any atom is -0.325 e. The quantitative estimate of drug-likeness (QED) is 0.508. The standard InChI is InChI=1S/C20H19Cl2N5O2S/c1-12-6-3-4-8-14(12)23-18(29)11-30-20-26-25-16(27(20)2)10-17(28)24-15-9-5-7-13(21)19(15)22/h3-9H,10-11H2,1-2H3,(H,23,29)(H,24,28). The molecule has 0 aliphatic rings. The topological polar surface area (TPSA) is 88.9 Å². The zero-order valence-corrected chi connectivity index (χ0v) is 18.6. The van der Waals surface area contributed by atoms with Crippen LogP contribution in [0.25, 0.3) is 0 Å². The van der Waals surface area contributed by atoms with E-state index in [9.17, 15) is 9.59 Å². The van der Waals surface area contributed by atoms with Gasteiger partial charge in [0.05, 0.1) is 27.9 Å². The van der Waals surface area contributed by atoms with Crippen molar-refractivity contribution in [3.8, 4) is 0 Å². The number of nitrogens with zero attached hydrogens (tertiary/aromatic N) is 3. The zero-order valence-electron chi connectivity index (χ0n) is 16.3. The maximum atomic E-state index is 12.3. The van der Waals surface area contributed by atoms with E-state index >= 15 is 0 Å². The third kappa shape index (κ3) is 5.53. The molecule has 0 aliphatic carbocycles. The third-order valence-corrected chi connectivity index (χ3v) is 6.06. The van der Waals surface area contributed by atoms with Gasteiger partial charge >= 0.3 is 0 Å². The van der Waals surface area contributed by atoms with Gasteiger partial charge in [-0.15, -0.1) is 10.2 Å². The minimum atomic E-state index is -0.302. The van der Waals surface area contributed by atoms with Crippen LogP contribution < -0.4 is 10.6 Å². The van der Waals surface area contributed by atoms with Gasteiger partial charge in [-0.25, -0.2) is 0 Å². The molecule has 1 aromatic heterocycles. The molecule has 0 fully saturated rings. The van der Waals surface area contributed by atoms with E-state index < -0.39 is 0 Å². The maximum Gasteiger partial charge on any atom is 0.234 e. The summed E-state index contributed by atoms with van der Waals surface area (Å²) in [5.41, 5.74) is 2.19. The lowest BCUT2D eigenvalue weighted by Gasteiger charge is -2.09. The molecule has 0 aliphatic heterocycles. The van der Waals surface area contributed by atoms with Crippen molar-refractivity contribution in [1.29, 1.82) is 0 Å². The van der Waals surface area contributed by atoms with Crippen LogP contribution in [-0.2, 0) is 23.1 Å². The fourth-order valence-corrected chi connectivity index (χ4v) is 3.67. The van der Waals surface area contributed by atoms with Crippen molar-refractivity contribution in [1.82, 2.24) is 14.8 Å². The predicted molar refractivity (Wildman–Crippen MR) is 120 cm³/mol. The number of nitrogens with one attached hydrogen (secondary N) is 2. The molecule has 2 aromatic carbocycles. The highest BCUT2D eigenvalue weighted by Crippen LogP contribution is 2.29. The predicted octanol–water partition coefficient (Wildman–Crippen LogP) is 4.34. The van der Waals surface area contributed by atoms with Crippen molar-refractivity contribution in [2.45, 2.75) is 18.5 Å². The molecule has 3 rings (SSSR count). The van der Waals surface area contributed by atoms with Gasteiger partial charge in [0.2, 0.25) is 11.8 Å². The molecule has 0 bridgehead atoms. The molecule has 0 atom stereocenters. The molecular weight excluding hydrogens is 445 g/mol. The fraction of sp³-hybridized carbons (Fsp3) is 0.200. The van der Waals surface area contributed by atoms with Gasteiger partial charge in [-0.3, -0.25) is 9.59 Å². The Morgan fingerprint density at radius 3 is 2.47 bits per heavy atom. The summed E-state index contributed by atoms with van der Waals surface area (Å²) in [4.78, 5) is 24.6. The van der Waals surface area contributed by atoms with E-state index in [1.807, 2.05) is 31.2 Å². The summed E-state index contributed by atoms with van der Waals surface area (Å²) in [5, 5.41) is 14.9. The van der Waals surface area contributed by atoms with E-state index in [0.717, 1.165) is 11.3 Å². The SMILES string of the molecule is Cc1ccccc1NC(=O)CSc1nnc(CC(=O)Nc2cccc(Cl)c2Cl)n1C. The molecule has 0 saturated carbocycles. The minimum absolute atomic E-state index is 0.00229. The Hall–Kier alpha value is -2.55. The van der Waals surface area contributed by atoms with E-state index in [-0.39, 0.29) is 29.0 Å². The van der Waals surface area contributed by atoms with E-state index in [0.29, 0.717) is 21.7 Å². The molecule has 1 heterocycles. The van der Waals surface area contributed by atoms with Crippen molar-refractivity contribution >= 4 is 58.2 Å². The molecule has 3 aromatic rings. The van der Waals surface area contributed by atoms with Crippen molar-refractivity contribution < 1.29 is 9.59 Å². The normalized spacial score (nSPS) is 10.7. The van der Waals surface area contributed by atoms with Crippen LogP contribution in [0.5, 0.6) is 0 Å². The highest BCUT2D eigenvalue weighted by atomic mass is 35.5. The van der Waals surface area contributed by atoms with E-state index in [1.54, 1.807) is 29.8 Å². The van der Waals surface area contributed by atoms with Crippen molar-refractivity contribution in [3.63, 3.8) is 0 Å². The zero-order chi connectivity index (χ0) is 21.7. The third-order valence-electron chi connectivity index (χ3n) is 4.22. The molecule has 0 saturated heterocycles. The Kier molecular flexibility index (Phi) is 7.36. The van der Waals surface area contributed by atoms with Crippen LogP contribution in [0.2, 0.25) is 10.0 Å². The van der Waals surface area contributed by atoms with Crippen LogP contribution in [0.15, 0.2) is 47.6 Å². The van der Waals surface area contributed by atoms with Crippen LogP contribution in [0.3, 0.4) is 0 Å². The summed E-state index contributed by atoms with van der Waals surface area (Å²) in [5.74, 6) is 0.188. The van der Waals surface area contributed by atoms with Crippen LogP contribution in [0, 0.1) is 6.92 Å². The fourth-order valence-electron chi connectivity index (χ4n) is 2.59. The van der Waals surface area contributed by atoms with Crippen molar-refractivity contribution in [2.24, 2.45) is 7.05 Å². The van der Waals surface area contributed by atoms with Gasteiger partial charge < -0.3 is 15.2 Å². The van der Waals surface area contributed by atoms with Crippen LogP contribution >= 0.6 is 35.0 Å². The lowest BCUT2D eigenvalue weighted by atomic mass is 10.2. The Morgan fingerprint density at radius 1 is 1.00 bits per heavy atom. The monoisotopic (exact) mass is 463 g/mol. The number of para-hydroxylation sites is 1. The number of anilines is 2. The highest BCUT2D eigenvalue weighted by molar-refractivity contribution is 7.99. The van der Waals surface area contributed by atoms with Gasteiger partial charge in [0.25, 0.3) is 0 Å². The van der Waals surface area contributed by atoms with Crippen LogP contribution in [-0.4, -0.2) is 32.3 Å². The molecule has 10 heteroatoms. The molecule has 0 radical (unpaired) electrons. The van der Waals surface area contributed by atoms with Crippen molar-refractivity contribution in [3.05, 3.63) is 63.9 Å². The number of carbonyl (C=O) groups is 2. The Morgan fingerprint density at radius 2 is 1.70 bits per heavy atom. The number of halogens is 2. The number of thioether (sulfide) groups is 1. The second kappa shape index (κ2) is 9.97. The van der Waals surface area contributed by atoms with Gasteiger partial charge in [-0.05, 0) is 30.7 Å². The first kappa shape index (κ1) is 22.1. The molecule has 2 N–H and O–H groups in total. The second-order valence-corrected chi connectivity index (χ2v) is 8.16. The van der Waals surface area contributed by atoms with E-state index in [2.05, 4.69) is 20.8 Å². The number of carbonyl (C=O) groups excluding carboxylic acids is 2. The number of aryl methyl sites for hydroxylation is 1. The second-order valence-electron chi connectivity index (χ2n) is 6.44. The van der Waals surface area contributed by atoms with Gasteiger partial charge in [-0.1, -0.05) is 59.2 Å². The molecule has 7 nitrogen and oxygen atoms in total.